The first kappa shape index (κ1) is 17.0. The molecule has 0 heterocycles. The van der Waals surface area contributed by atoms with Crippen molar-refractivity contribution in [2.24, 2.45) is 0 Å². The third-order valence-electron chi connectivity index (χ3n) is 2.97. The molecule has 0 spiro atoms. The minimum atomic E-state index is -1.07. The maximum absolute atomic E-state index is 13.8. The number of ether oxygens (including phenoxy) is 1. The van der Waals surface area contributed by atoms with Crippen LogP contribution in [0, 0.1) is 5.82 Å². The van der Waals surface area contributed by atoms with Gasteiger partial charge in [-0.1, -0.05) is 17.8 Å². The molecule has 0 unspecified atom stereocenters. The van der Waals surface area contributed by atoms with Crippen LogP contribution in [0.5, 0.6) is 0 Å². The Bertz CT molecular complexity index is 713. The summed E-state index contributed by atoms with van der Waals surface area (Å²) in [5.41, 5.74) is 0.610. The highest BCUT2D eigenvalue weighted by Gasteiger charge is 2.09. The Balaban J connectivity index is 2.08. The summed E-state index contributed by atoms with van der Waals surface area (Å²) < 4.78 is 18.7. The maximum Gasteiger partial charge on any atom is 0.338 e. The molecule has 2 aromatic carbocycles. The summed E-state index contributed by atoms with van der Waals surface area (Å²) in [6.45, 7) is 2.06. The van der Waals surface area contributed by atoms with Gasteiger partial charge in [-0.2, -0.15) is 0 Å². The number of hydrogen-bond donors (Lipinski definition) is 1. The topological polar surface area (TPSA) is 63.6 Å². The minimum Gasteiger partial charge on any atom is -0.481 e. The molecule has 4 nitrogen and oxygen atoms in total. The number of halogens is 1. The van der Waals surface area contributed by atoms with Crippen molar-refractivity contribution in [1.82, 2.24) is 0 Å². The molecule has 0 aliphatic carbocycles. The molecule has 0 radical (unpaired) electrons. The highest BCUT2D eigenvalue weighted by Crippen LogP contribution is 2.29. The molecule has 120 valence electrons. The lowest BCUT2D eigenvalue weighted by Crippen LogP contribution is -2.03. The molecule has 1 N–H and O–H groups in total. The van der Waals surface area contributed by atoms with Gasteiger partial charge in [0.05, 0.1) is 18.6 Å². The number of rotatable bonds is 6. The highest BCUT2D eigenvalue weighted by atomic mass is 32.2. The Morgan fingerprint density at radius 1 is 1.13 bits per heavy atom. The molecule has 0 aromatic heterocycles. The van der Waals surface area contributed by atoms with Gasteiger partial charge in [-0.15, -0.1) is 0 Å². The third kappa shape index (κ3) is 4.82. The average Bonchev–Trinajstić information content (AvgIpc) is 2.50. The molecular formula is C17H15FO4S. The highest BCUT2D eigenvalue weighted by molar-refractivity contribution is 7.99. The van der Waals surface area contributed by atoms with Gasteiger partial charge in [0.2, 0.25) is 0 Å². The van der Waals surface area contributed by atoms with Crippen molar-refractivity contribution in [2.75, 3.05) is 6.61 Å². The Kier molecular flexibility index (Phi) is 5.76. The Morgan fingerprint density at radius 2 is 1.78 bits per heavy atom. The Morgan fingerprint density at radius 3 is 2.35 bits per heavy atom. The largest absolute Gasteiger partial charge is 0.481 e. The second-order valence-electron chi connectivity index (χ2n) is 4.67. The molecule has 2 rings (SSSR count). The smallest absolute Gasteiger partial charge is 0.338 e. The van der Waals surface area contributed by atoms with Crippen molar-refractivity contribution < 1.29 is 23.8 Å². The van der Waals surface area contributed by atoms with Crippen LogP contribution in [0.3, 0.4) is 0 Å². The summed E-state index contributed by atoms with van der Waals surface area (Å²) in [5.74, 6) is -1.99. The fourth-order valence-corrected chi connectivity index (χ4v) is 2.75. The molecule has 0 aliphatic heterocycles. The van der Waals surface area contributed by atoms with Crippen LogP contribution >= 0.6 is 11.8 Å². The standard InChI is InChI=1S/C17H15FO4S/c1-2-22-17(21)11-3-6-13(7-4-11)23-14-8-5-12(9-16(19)20)15(18)10-14/h3-8,10H,2,9H2,1H3,(H,19,20). The number of benzene rings is 2. The predicted octanol–water partition coefficient (Wildman–Crippen LogP) is 3.78. The van der Waals surface area contributed by atoms with Crippen molar-refractivity contribution >= 4 is 23.7 Å². The number of carboxylic acid groups (broad SMARTS) is 1. The van der Waals surface area contributed by atoms with Crippen LogP contribution in [0.2, 0.25) is 0 Å². The summed E-state index contributed by atoms with van der Waals surface area (Å²) in [4.78, 5) is 23.7. The van der Waals surface area contributed by atoms with Gasteiger partial charge in [0.15, 0.2) is 0 Å². The van der Waals surface area contributed by atoms with Gasteiger partial charge in [0.25, 0.3) is 0 Å². The lowest BCUT2D eigenvalue weighted by Gasteiger charge is -2.06. The molecule has 0 saturated heterocycles. The van der Waals surface area contributed by atoms with Crippen LogP contribution in [-0.2, 0) is 16.0 Å². The van der Waals surface area contributed by atoms with E-state index < -0.39 is 11.8 Å². The van der Waals surface area contributed by atoms with E-state index in [9.17, 15) is 14.0 Å². The second kappa shape index (κ2) is 7.78. The lowest BCUT2D eigenvalue weighted by molar-refractivity contribution is -0.136. The lowest BCUT2D eigenvalue weighted by atomic mass is 10.1. The van der Waals surface area contributed by atoms with E-state index in [0.717, 1.165) is 4.90 Å². The van der Waals surface area contributed by atoms with Gasteiger partial charge >= 0.3 is 11.9 Å². The SMILES string of the molecule is CCOC(=O)c1ccc(Sc2ccc(CC(=O)O)c(F)c2)cc1. The van der Waals surface area contributed by atoms with E-state index in [0.29, 0.717) is 17.1 Å². The quantitative estimate of drug-likeness (QED) is 0.815. The fraction of sp³-hybridized carbons (Fsp3) is 0.176. The first-order chi connectivity index (χ1) is 11.0. The van der Waals surface area contributed by atoms with Crippen LogP contribution in [0.1, 0.15) is 22.8 Å². The molecule has 0 atom stereocenters. The van der Waals surface area contributed by atoms with E-state index >= 15 is 0 Å². The molecule has 6 heteroatoms. The summed E-state index contributed by atoms with van der Waals surface area (Å²) in [5, 5.41) is 8.70. The molecule has 0 fully saturated rings. The molecule has 0 bridgehead atoms. The van der Waals surface area contributed by atoms with Gasteiger partial charge < -0.3 is 9.84 Å². The molecule has 0 amide bonds. The second-order valence-corrected chi connectivity index (χ2v) is 5.82. The molecular weight excluding hydrogens is 319 g/mol. The monoisotopic (exact) mass is 334 g/mol. The van der Waals surface area contributed by atoms with Gasteiger partial charge in [0.1, 0.15) is 5.82 Å². The van der Waals surface area contributed by atoms with Gasteiger partial charge in [0, 0.05) is 9.79 Å². The molecule has 2 aromatic rings. The van der Waals surface area contributed by atoms with E-state index in [2.05, 4.69) is 0 Å². The van der Waals surface area contributed by atoms with Crippen molar-refractivity contribution in [1.29, 1.82) is 0 Å². The molecule has 0 saturated carbocycles. The summed E-state index contributed by atoms with van der Waals surface area (Å²) in [7, 11) is 0. The summed E-state index contributed by atoms with van der Waals surface area (Å²) in [6, 6.07) is 11.2. The van der Waals surface area contributed by atoms with Crippen LogP contribution in [0.4, 0.5) is 4.39 Å². The average molecular weight is 334 g/mol. The van der Waals surface area contributed by atoms with Crippen LogP contribution in [0.15, 0.2) is 52.3 Å². The van der Waals surface area contributed by atoms with Gasteiger partial charge in [-0.05, 0) is 48.9 Å². The molecule has 23 heavy (non-hydrogen) atoms. The first-order valence-corrected chi connectivity index (χ1v) is 7.76. The van der Waals surface area contributed by atoms with Crippen LogP contribution < -0.4 is 0 Å². The predicted molar refractivity (Wildman–Crippen MR) is 84.3 cm³/mol. The normalized spacial score (nSPS) is 10.3. The van der Waals surface area contributed by atoms with Crippen molar-refractivity contribution in [3.8, 4) is 0 Å². The van der Waals surface area contributed by atoms with Gasteiger partial charge in [-0.3, -0.25) is 4.79 Å². The zero-order valence-corrected chi connectivity index (χ0v) is 13.2. The number of hydrogen-bond acceptors (Lipinski definition) is 4. The number of carbonyl (C=O) groups is 2. The fourth-order valence-electron chi connectivity index (χ4n) is 1.91. The van der Waals surface area contributed by atoms with E-state index in [4.69, 9.17) is 9.84 Å². The first-order valence-electron chi connectivity index (χ1n) is 6.95. The number of carboxylic acids is 1. The van der Waals surface area contributed by atoms with Crippen LogP contribution in [0.25, 0.3) is 0 Å². The zero-order valence-electron chi connectivity index (χ0n) is 12.4. The third-order valence-corrected chi connectivity index (χ3v) is 3.96. The van der Waals surface area contributed by atoms with E-state index in [1.165, 1.54) is 23.9 Å². The number of aliphatic carboxylic acids is 1. The van der Waals surface area contributed by atoms with Crippen LogP contribution in [-0.4, -0.2) is 23.7 Å². The van der Waals surface area contributed by atoms with Crippen molar-refractivity contribution in [3.63, 3.8) is 0 Å². The van der Waals surface area contributed by atoms with Gasteiger partial charge in [-0.25, -0.2) is 9.18 Å². The summed E-state index contributed by atoms with van der Waals surface area (Å²) >= 11 is 1.32. The summed E-state index contributed by atoms with van der Waals surface area (Å²) in [6.07, 6.45) is -0.342. The van der Waals surface area contributed by atoms with E-state index in [-0.39, 0.29) is 18.0 Å². The Hall–Kier alpha value is -2.34. The minimum absolute atomic E-state index is 0.152. The molecule has 0 aliphatic rings. The maximum atomic E-state index is 13.8. The number of carbonyl (C=O) groups excluding carboxylic acids is 1. The number of esters is 1. The zero-order chi connectivity index (χ0) is 16.8. The van der Waals surface area contributed by atoms with Crippen molar-refractivity contribution in [2.45, 2.75) is 23.1 Å². The van der Waals surface area contributed by atoms with Crippen molar-refractivity contribution in [3.05, 3.63) is 59.4 Å². The Labute approximate surface area is 137 Å². The van der Waals surface area contributed by atoms with E-state index in [1.54, 1.807) is 37.3 Å². The van der Waals surface area contributed by atoms with E-state index in [1.807, 2.05) is 0 Å².